The van der Waals surface area contributed by atoms with Crippen LogP contribution < -0.4 is 11.1 Å². The second kappa shape index (κ2) is 4.54. The van der Waals surface area contributed by atoms with Gasteiger partial charge in [0.15, 0.2) is 0 Å². The molecule has 0 aliphatic heterocycles. The van der Waals surface area contributed by atoms with E-state index in [1.165, 1.54) is 0 Å². The van der Waals surface area contributed by atoms with Crippen molar-refractivity contribution in [2.45, 2.75) is 6.92 Å². The predicted molar refractivity (Wildman–Crippen MR) is 67.6 cm³/mol. The van der Waals surface area contributed by atoms with Crippen LogP contribution in [0.4, 0.5) is 11.6 Å². The molecule has 88 valence electrons. The molecule has 0 radical (unpaired) electrons. The number of hydrogen-bond donors (Lipinski definition) is 3. The average molecular weight is 296 g/mol. The van der Waals surface area contributed by atoms with E-state index in [0.29, 0.717) is 5.69 Å². The molecule has 1 aromatic carbocycles. The van der Waals surface area contributed by atoms with Gasteiger partial charge in [-0.2, -0.15) is 4.98 Å². The van der Waals surface area contributed by atoms with E-state index in [4.69, 9.17) is 5.73 Å². The molecule has 0 aliphatic carbocycles. The van der Waals surface area contributed by atoms with E-state index in [1.807, 2.05) is 19.1 Å². The van der Waals surface area contributed by atoms with Crippen molar-refractivity contribution in [1.29, 1.82) is 0 Å². The van der Waals surface area contributed by atoms with E-state index in [2.05, 4.69) is 36.4 Å². The highest BCUT2D eigenvalue weighted by Gasteiger charge is 2.11. The number of aryl methyl sites for hydroxylation is 1. The molecule has 1 aromatic heterocycles. The van der Waals surface area contributed by atoms with Gasteiger partial charge in [-0.3, -0.25) is 9.89 Å². The lowest BCUT2D eigenvalue weighted by Gasteiger charge is -2.06. The zero-order valence-electron chi connectivity index (χ0n) is 8.99. The van der Waals surface area contributed by atoms with Gasteiger partial charge in [0.1, 0.15) is 0 Å². The quantitative estimate of drug-likeness (QED) is 0.786. The number of nitrogens with one attached hydrogen (secondary N) is 2. The topological polar surface area (TPSA) is 96.7 Å². The molecule has 7 heteroatoms. The van der Waals surface area contributed by atoms with Crippen molar-refractivity contribution >= 4 is 33.5 Å². The first-order valence-corrected chi connectivity index (χ1v) is 5.61. The molecule has 0 saturated carbocycles. The third-order valence-electron chi connectivity index (χ3n) is 2.15. The SMILES string of the molecule is Cc1cc(Br)ccc1NC(=O)c1nc(N)n[nH]1. The first kappa shape index (κ1) is 11.6. The number of anilines is 2. The van der Waals surface area contributed by atoms with Crippen LogP contribution in [0.2, 0.25) is 0 Å². The summed E-state index contributed by atoms with van der Waals surface area (Å²) in [6.45, 7) is 1.90. The molecule has 0 bridgehead atoms. The summed E-state index contributed by atoms with van der Waals surface area (Å²) >= 11 is 3.35. The Morgan fingerprint density at radius 1 is 1.53 bits per heavy atom. The van der Waals surface area contributed by atoms with Crippen LogP contribution in [-0.2, 0) is 0 Å². The molecule has 17 heavy (non-hydrogen) atoms. The summed E-state index contributed by atoms with van der Waals surface area (Å²) < 4.78 is 0.955. The number of hydrogen-bond acceptors (Lipinski definition) is 4. The van der Waals surface area contributed by atoms with Gasteiger partial charge < -0.3 is 11.1 Å². The van der Waals surface area contributed by atoms with Gasteiger partial charge in [-0.15, -0.1) is 5.10 Å². The maximum absolute atomic E-state index is 11.8. The lowest BCUT2D eigenvalue weighted by atomic mass is 10.2. The average Bonchev–Trinajstić information content (AvgIpc) is 2.69. The fourth-order valence-corrected chi connectivity index (χ4v) is 1.80. The van der Waals surface area contributed by atoms with Crippen molar-refractivity contribution in [3.8, 4) is 0 Å². The second-order valence-corrected chi connectivity index (χ2v) is 4.37. The Morgan fingerprint density at radius 2 is 2.29 bits per heavy atom. The molecule has 1 amide bonds. The first-order valence-electron chi connectivity index (χ1n) is 4.81. The van der Waals surface area contributed by atoms with Gasteiger partial charge >= 0.3 is 0 Å². The highest BCUT2D eigenvalue weighted by atomic mass is 79.9. The minimum absolute atomic E-state index is 0.0441. The normalized spacial score (nSPS) is 10.2. The molecule has 0 unspecified atom stereocenters. The van der Waals surface area contributed by atoms with Gasteiger partial charge in [-0.05, 0) is 30.7 Å². The number of aromatic nitrogens is 3. The largest absolute Gasteiger partial charge is 0.366 e. The van der Waals surface area contributed by atoms with Crippen LogP contribution in [-0.4, -0.2) is 21.1 Å². The van der Waals surface area contributed by atoms with Crippen LogP contribution in [0.5, 0.6) is 0 Å². The minimum Gasteiger partial charge on any atom is -0.366 e. The summed E-state index contributed by atoms with van der Waals surface area (Å²) in [4.78, 5) is 15.5. The number of benzene rings is 1. The molecule has 0 spiro atoms. The molecule has 1 heterocycles. The number of carbonyl (C=O) groups is 1. The molecule has 0 fully saturated rings. The number of amides is 1. The summed E-state index contributed by atoms with van der Waals surface area (Å²) in [5, 5.41) is 8.76. The van der Waals surface area contributed by atoms with E-state index in [-0.39, 0.29) is 17.7 Å². The highest BCUT2D eigenvalue weighted by Crippen LogP contribution is 2.20. The summed E-state index contributed by atoms with van der Waals surface area (Å²) in [6, 6.07) is 5.55. The number of rotatable bonds is 2. The van der Waals surface area contributed by atoms with Gasteiger partial charge in [0, 0.05) is 10.2 Å². The molecule has 2 rings (SSSR count). The van der Waals surface area contributed by atoms with Crippen LogP contribution in [0.15, 0.2) is 22.7 Å². The number of halogens is 1. The highest BCUT2D eigenvalue weighted by molar-refractivity contribution is 9.10. The van der Waals surface area contributed by atoms with Crippen molar-refractivity contribution in [2.24, 2.45) is 0 Å². The Balaban J connectivity index is 2.18. The van der Waals surface area contributed by atoms with Crippen LogP contribution >= 0.6 is 15.9 Å². The van der Waals surface area contributed by atoms with E-state index in [9.17, 15) is 4.79 Å². The Kier molecular flexibility index (Phi) is 3.10. The van der Waals surface area contributed by atoms with Gasteiger partial charge in [-0.1, -0.05) is 15.9 Å². The third-order valence-corrected chi connectivity index (χ3v) is 2.65. The number of aromatic amines is 1. The zero-order chi connectivity index (χ0) is 12.4. The number of carbonyl (C=O) groups excluding carboxylic acids is 1. The van der Waals surface area contributed by atoms with E-state index < -0.39 is 0 Å². The molecule has 2 aromatic rings. The third kappa shape index (κ3) is 2.62. The zero-order valence-corrected chi connectivity index (χ0v) is 10.6. The van der Waals surface area contributed by atoms with Crippen molar-refractivity contribution in [3.05, 3.63) is 34.1 Å². The molecule has 0 atom stereocenters. The summed E-state index contributed by atoms with van der Waals surface area (Å²) in [5.74, 6) is -0.243. The second-order valence-electron chi connectivity index (χ2n) is 3.46. The van der Waals surface area contributed by atoms with Crippen molar-refractivity contribution < 1.29 is 4.79 Å². The smallest absolute Gasteiger partial charge is 0.293 e. The Hall–Kier alpha value is -1.89. The lowest BCUT2D eigenvalue weighted by molar-refractivity contribution is 0.101. The van der Waals surface area contributed by atoms with Crippen LogP contribution in [0.1, 0.15) is 16.2 Å². The summed E-state index contributed by atoms with van der Waals surface area (Å²) in [7, 11) is 0. The summed E-state index contributed by atoms with van der Waals surface area (Å²) in [5.41, 5.74) is 6.98. The molecule has 6 nitrogen and oxygen atoms in total. The van der Waals surface area contributed by atoms with Gasteiger partial charge in [0.05, 0.1) is 0 Å². The molecular weight excluding hydrogens is 286 g/mol. The predicted octanol–water partition coefficient (Wildman–Crippen LogP) is 1.71. The van der Waals surface area contributed by atoms with Gasteiger partial charge in [0.25, 0.3) is 5.91 Å². The van der Waals surface area contributed by atoms with Gasteiger partial charge in [-0.25, -0.2) is 0 Å². The van der Waals surface area contributed by atoms with Crippen molar-refractivity contribution in [3.63, 3.8) is 0 Å². The van der Waals surface area contributed by atoms with Crippen LogP contribution in [0.25, 0.3) is 0 Å². The monoisotopic (exact) mass is 295 g/mol. The number of H-pyrrole nitrogens is 1. The van der Waals surface area contributed by atoms with Crippen molar-refractivity contribution in [2.75, 3.05) is 11.1 Å². The van der Waals surface area contributed by atoms with Gasteiger partial charge in [0.2, 0.25) is 11.8 Å². The Bertz CT molecular complexity index is 566. The van der Waals surface area contributed by atoms with Crippen LogP contribution in [0, 0.1) is 6.92 Å². The lowest BCUT2D eigenvalue weighted by Crippen LogP contribution is -2.14. The molecule has 0 saturated heterocycles. The van der Waals surface area contributed by atoms with E-state index >= 15 is 0 Å². The van der Waals surface area contributed by atoms with E-state index in [0.717, 1.165) is 10.0 Å². The maximum Gasteiger partial charge on any atom is 0.293 e. The maximum atomic E-state index is 11.8. The molecule has 0 aliphatic rings. The minimum atomic E-state index is -0.375. The number of nitrogen functional groups attached to an aromatic ring is 1. The fourth-order valence-electron chi connectivity index (χ4n) is 1.33. The standard InChI is InChI=1S/C10H10BrN5O/c1-5-4-6(11)2-3-7(5)13-9(17)8-14-10(12)16-15-8/h2-4H,1H3,(H,13,17)(H3,12,14,15,16). The first-order chi connectivity index (χ1) is 8.06. The fraction of sp³-hybridized carbons (Fsp3) is 0.100. The summed E-state index contributed by atoms with van der Waals surface area (Å²) in [6.07, 6.45) is 0. The van der Waals surface area contributed by atoms with Crippen molar-refractivity contribution in [1.82, 2.24) is 15.2 Å². The Morgan fingerprint density at radius 3 is 2.88 bits per heavy atom. The van der Waals surface area contributed by atoms with E-state index in [1.54, 1.807) is 6.07 Å². The Labute approximate surface area is 106 Å². The van der Waals surface area contributed by atoms with Crippen LogP contribution in [0.3, 0.4) is 0 Å². The molecule has 4 N–H and O–H groups in total. The molecular formula is C10H10BrN5O. The number of nitrogens with two attached hydrogens (primary N) is 1. The number of nitrogens with zero attached hydrogens (tertiary/aromatic N) is 2.